The smallest absolute Gasteiger partial charge is 0.191 e. The van der Waals surface area contributed by atoms with Gasteiger partial charge in [0.05, 0.1) is 0 Å². The predicted molar refractivity (Wildman–Crippen MR) is 76.8 cm³/mol. The lowest BCUT2D eigenvalue weighted by molar-refractivity contribution is 0.582. The summed E-state index contributed by atoms with van der Waals surface area (Å²) in [7, 11) is 1.86. The first-order valence-corrected chi connectivity index (χ1v) is 7.79. The Morgan fingerprint density at radius 2 is 2.24 bits per heavy atom. The van der Waals surface area contributed by atoms with Gasteiger partial charge in [-0.25, -0.2) is 0 Å². The van der Waals surface area contributed by atoms with Gasteiger partial charge in [0.15, 0.2) is 5.96 Å². The normalized spacial score (nSPS) is 29.4. The van der Waals surface area contributed by atoms with Crippen molar-refractivity contribution < 1.29 is 0 Å². The van der Waals surface area contributed by atoms with Gasteiger partial charge in [-0.1, -0.05) is 12.8 Å². The van der Waals surface area contributed by atoms with Crippen LogP contribution < -0.4 is 10.6 Å². The van der Waals surface area contributed by atoms with Gasteiger partial charge >= 0.3 is 0 Å². The molecule has 1 aliphatic carbocycles. The van der Waals surface area contributed by atoms with Gasteiger partial charge in [0, 0.05) is 24.9 Å². The highest BCUT2D eigenvalue weighted by Gasteiger charge is 2.29. The lowest BCUT2D eigenvalue weighted by Crippen LogP contribution is -2.43. The van der Waals surface area contributed by atoms with Crippen molar-refractivity contribution in [3.63, 3.8) is 0 Å². The summed E-state index contributed by atoms with van der Waals surface area (Å²) in [6.07, 6.45) is 6.85. The molecule has 2 rings (SSSR count). The molecular formula is C13H25N3S. The van der Waals surface area contributed by atoms with E-state index in [4.69, 9.17) is 0 Å². The molecule has 2 fully saturated rings. The molecule has 0 radical (unpaired) electrons. The molecule has 17 heavy (non-hydrogen) atoms. The largest absolute Gasteiger partial charge is 0.356 e. The van der Waals surface area contributed by atoms with Crippen molar-refractivity contribution in [2.75, 3.05) is 25.9 Å². The predicted octanol–water partition coefficient (Wildman–Crippen LogP) is 2.24. The minimum Gasteiger partial charge on any atom is -0.356 e. The van der Waals surface area contributed by atoms with Crippen molar-refractivity contribution >= 4 is 17.7 Å². The van der Waals surface area contributed by atoms with E-state index in [-0.39, 0.29) is 0 Å². The Morgan fingerprint density at radius 1 is 1.41 bits per heavy atom. The van der Waals surface area contributed by atoms with Gasteiger partial charge in [-0.05, 0) is 37.9 Å². The molecule has 1 aliphatic heterocycles. The van der Waals surface area contributed by atoms with E-state index in [1.807, 2.05) is 7.05 Å². The second kappa shape index (κ2) is 5.98. The van der Waals surface area contributed by atoms with Crippen LogP contribution in [0, 0.1) is 5.92 Å². The summed E-state index contributed by atoms with van der Waals surface area (Å²) in [4.78, 5) is 4.28. The van der Waals surface area contributed by atoms with E-state index < -0.39 is 0 Å². The Morgan fingerprint density at radius 3 is 2.82 bits per heavy atom. The molecule has 0 aromatic carbocycles. The standard InChI is InChI=1S/C13H25N3S/c1-13(7-3-9-17-13)10-16-12(14-2)15-8-6-11-4-5-11/h11H,3-10H2,1-2H3,(H2,14,15,16). The van der Waals surface area contributed by atoms with Crippen molar-refractivity contribution in [1.29, 1.82) is 0 Å². The average molecular weight is 255 g/mol. The van der Waals surface area contributed by atoms with E-state index in [9.17, 15) is 0 Å². The van der Waals surface area contributed by atoms with Crippen LogP contribution >= 0.6 is 11.8 Å². The summed E-state index contributed by atoms with van der Waals surface area (Å²) < 4.78 is 0.411. The Kier molecular flexibility index (Phi) is 4.60. The van der Waals surface area contributed by atoms with Crippen molar-refractivity contribution in [3.05, 3.63) is 0 Å². The van der Waals surface area contributed by atoms with Crippen molar-refractivity contribution in [2.45, 2.75) is 43.8 Å². The number of guanidine groups is 1. The summed E-state index contributed by atoms with van der Waals surface area (Å²) in [6.45, 7) is 4.45. The molecule has 1 saturated carbocycles. The number of nitrogens with zero attached hydrogens (tertiary/aromatic N) is 1. The van der Waals surface area contributed by atoms with Gasteiger partial charge in [0.1, 0.15) is 0 Å². The minimum absolute atomic E-state index is 0.411. The number of nitrogens with one attached hydrogen (secondary N) is 2. The maximum absolute atomic E-state index is 4.28. The monoisotopic (exact) mass is 255 g/mol. The zero-order chi connectivity index (χ0) is 12.1. The Bertz CT molecular complexity index is 268. The molecular weight excluding hydrogens is 230 g/mol. The second-order valence-electron chi connectivity index (χ2n) is 5.49. The highest BCUT2D eigenvalue weighted by molar-refractivity contribution is 8.00. The first kappa shape index (κ1) is 13.1. The first-order valence-electron chi connectivity index (χ1n) is 6.80. The Balaban J connectivity index is 1.64. The molecule has 1 heterocycles. The van der Waals surface area contributed by atoms with E-state index in [2.05, 4.69) is 34.3 Å². The molecule has 0 bridgehead atoms. The fourth-order valence-electron chi connectivity index (χ4n) is 2.27. The number of aliphatic imine (C=N–C) groups is 1. The summed E-state index contributed by atoms with van der Waals surface area (Å²) in [5.74, 6) is 3.27. The number of rotatable bonds is 5. The lowest BCUT2D eigenvalue weighted by atomic mass is 10.1. The van der Waals surface area contributed by atoms with Gasteiger partial charge in [0.25, 0.3) is 0 Å². The molecule has 0 spiro atoms. The zero-order valence-corrected chi connectivity index (χ0v) is 11.9. The van der Waals surface area contributed by atoms with E-state index >= 15 is 0 Å². The van der Waals surface area contributed by atoms with Crippen LogP contribution in [0.15, 0.2) is 4.99 Å². The van der Waals surface area contributed by atoms with Gasteiger partial charge in [-0.2, -0.15) is 11.8 Å². The number of hydrogen-bond acceptors (Lipinski definition) is 2. The molecule has 1 unspecified atom stereocenters. The molecule has 0 aromatic rings. The molecule has 1 atom stereocenters. The molecule has 0 amide bonds. The Hall–Kier alpha value is -0.380. The van der Waals surface area contributed by atoms with Crippen molar-refractivity contribution in [3.8, 4) is 0 Å². The minimum atomic E-state index is 0.411. The van der Waals surface area contributed by atoms with Crippen LogP contribution in [0.5, 0.6) is 0 Å². The van der Waals surface area contributed by atoms with Gasteiger partial charge < -0.3 is 10.6 Å². The van der Waals surface area contributed by atoms with Crippen LogP contribution in [0.4, 0.5) is 0 Å². The molecule has 98 valence electrons. The highest BCUT2D eigenvalue weighted by atomic mass is 32.2. The zero-order valence-electron chi connectivity index (χ0n) is 11.1. The summed E-state index contributed by atoms with van der Waals surface area (Å²) >= 11 is 2.09. The Labute approximate surface area is 109 Å². The van der Waals surface area contributed by atoms with Gasteiger partial charge in [-0.15, -0.1) is 0 Å². The van der Waals surface area contributed by atoms with E-state index in [0.29, 0.717) is 4.75 Å². The van der Waals surface area contributed by atoms with Crippen LogP contribution in [-0.4, -0.2) is 36.6 Å². The van der Waals surface area contributed by atoms with Gasteiger partial charge in [-0.3, -0.25) is 4.99 Å². The molecule has 0 aromatic heterocycles. The van der Waals surface area contributed by atoms with Gasteiger partial charge in [0.2, 0.25) is 0 Å². The SMILES string of the molecule is CN=C(NCCC1CC1)NCC1(C)CCCS1. The molecule has 3 nitrogen and oxygen atoms in total. The number of hydrogen-bond donors (Lipinski definition) is 2. The van der Waals surface area contributed by atoms with Crippen LogP contribution in [-0.2, 0) is 0 Å². The third-order valence-electron chi connectivity index (χ3n) is 3.70. The third kappa shape index (κ3) is 4.41. The summed E-state index contributed by atoms with van der Waals surface area (Å²) in [5.41, 5.74) is 0. The van der Waals surface area contributed by atoms with Crippen molar-refractivity contribution in [1.82, 2.24) is 10.6 Å². The quantitative estimate of drug-likeness (QED) is 0.584. The maximum Gasteiger partial charge on any atom is 0.191 e. The van der Waals surface area contributed by atoms with Crippen LogP contribution in [0.25, 0.3) is 0 Å². The van der Waals surface area contributed by atoms with E-state index in [1.165, 1.54) is 37.9 Å². The van der Waals surface area contributed by atoms with Crippen LogP contribution in [0.1, 0.15) is 39.0 Å². The first-order chi connectivity index (χ1) is 8.22. The number of thioether (sulfide) groups is 1. The van der Waals surface area contributed by atoms with E-state index in [1.54, 1.807) is 0 Å². The summed E-state index contributed by atoms with van der Waals surface area (Å²) in [5, 5.41) is 6.88. The second-order valence-corrected chi connectivity index (χ2v) is 7.17. The molecule has 1 saturated heterocycles. The highest BCUT2D eigenvalue weighted by Crippen LogP contribution is 2.36. The molecule has 2 aliphatic rings. The fraction of sp³-hybridized carbons (Fsp3) is 0.923. The topological polar surface area (TPSA) is 36.4 Å². The molecule has 2 N–H and O–H groups in total. The van der Waals surface area contributed by atoms with Crippen molar-refractivity contribution in [2.24, 2.45) is 10.9 Å². The fourth-order valence-corrected chi connectivity index (χ4v) is 3.51. The summed E-state index contributed by atoms with van der Waals surface area (Å²) in [6, 6.07) is 0. The molecule has 4 heteroatoms. The average Bonchev–Trinajstić information content (AvgIpc) is 3.05. The lowest BCUT2D eigenvalue weighted by Gasteiger charge is -2.24. The van der Waals surface area contributed by atoms with Crippen LogP contribution in [0.3, 0.4) is 0 Å². The maximum atomic E-state index is 4.28. The third-order valence-corrected chi connectivity index (χ3v) is 5.23. The van der Waals surface area contributed by atoms with E-state index in [0.717, 1.165) is 25.0 Å². The van der Waals surface area contributed by atoms with Crippen LogP contribution in [0.2, 0.25) is 0 Å².